The summed E-state index contributed by atoms with van der Waals surface area (Å²) < 4.78 is 5.74. The predicted molar refractivity (Wildman–Crippen MR) is 122 cm³/mol. The van der Waals surface area contributed by atoms with E-state index in [0.29, 0.717) is 22.5 Å². The van der Waals surface area contributed by atoms with Gasteiger partial charge in [0.25, 0.3) is 5.91 Å². The number of furan rings is 1. The number of ketones is 1. The molecule has 31 heavy (non-hydrogen) atoms. The summed E-state index contributed by atoms with van der Waals surface area (Å²) in [6.45, 7) is 2.23. The molecule has 1 unspecified atom stereocenters. The first-order chi connectivity index (χ1) is 14.9. The summed E-state index contributed by atoms with van der Waals surface area (Å²) in [5, 5.41) is 15.8. The number of benzene rings is 1. The van der Waals surface area contributed by atoms with Crippen LogP contribution in [0.1, 0.15) is 31.9 Å². The van der Waals surface area contributed by atoms with E-state index in [4.69, 9.17) is 16.0 Å². The maximum Gasteiger partial charge on any atom is 0.290 e. The molecular formula is C23H16ClNO4S2. The van der Waals surface area contributed by atoms with Crippen LogP contribution < -0.4 is 0 Å². The minimum atomic E-state index is -0.682. The zero-order valence-corrected chi connectivity index (χ0v) is 18.7. The number of aliphatic hydroxyl groups excluding tert-OH is 1. The van der Waals surface area contributed by atoms with Gasteiger partial charge in [-0.3, -0.25) is 9.59 Å². The summed E-state index contributed by atoms with van der Waals surface area (Å²) in [7, 11) is 0. The van der Waals surface area contributed by atoms with Crippen LogP contribution >= 0.6 is 34.3 Å². The first-order valence-corrected chi connectivity index (χ1v) is 11.6. The second kappa shape index (κ2) is 7.67. The Morgan fingerprint density at radius 2 is 2.03 bits per heavy atom. The molecular weight excluding hydrogens is 454 g/mol. The van der Waals surface area contributed by atoms with Crippen molar-refractivity contribution >= 4 is 56.9 Å². The van der Waals surface area contributed by atoms with Crippen molar-refractivity contribution < 1.29 is 19.1 Å². The molecule has 0 fully saturated rings. The average Bonchev–Trinajstić information content (AvgIpc) is 3.52. The number of hydrogen-bond donors (Lipinski definition) is 1. The van der Waals surface area contributed by atoms with Gasteiger partial charge in [-0.25, -0.2) is 0 Å². The molecule has 1 atom stereocenters. The smallest absolute Gasteiger partial charge is 0.290 e. The van der Waals surface area contributed by atoms with Gasteiger partial charge in [-0.05, 0) is 59.6 Å². The van der Waals surface area contributed by atoms with Crippen LogP contribution in [0.2, 0.25) is 5.02 Å². The van der Waals surface area contributed by atoms with E-state index in [9.17, 15) is 14.7 Å². The van der Waals surface area contributed by atoms with Gasteiger partial charge in [-0.2, -0.15) is 0 Å². The highest BCUT2D eigenvalue weighted by atomic mass is 35.5. The van der Waals surface area contributed by atoms with Gasteiger partial charge in [0.1, 0.15) is 11.6 Å². The fourth-order valence-electron chi connectivity index (χ4n) is 3.82. The van der Waals surface area contributed by atoms with Gasteiger partial charge < -0.3 is 14.4 Å². The zero-order chi connectivity index (χ0) is 21.7. The molecule has 0 aliphatic carbocycles. The number of Topliss-reactive ketones (excluding diaryl/α,β-unsaturated/α-hetero) is 1. The summed E-state index contributed by atoms with van der Waals surface area (Å²) >= 11 is 9.02. The summed E-state index contributed by atoms with van der Waals surface area (Å²) in [5.41, 5.74) is 1.50. The Hall–Kier alpha value is -2.87. The van der Waals surface area contributed by atoms with Gasteiger partial charge in [-0.15, -0.1) is 22.7 Å². The van der Waals surface area contributed by atoms with E-state index < -0.39 is 23.5 Å². The lowest BCUT2D eigenvalue weighted by molar-refractivity contribution is -0.129. The fraction of sp³-hybridized carbons (Fsp3) is 0.130. The highest BCUT2D eigenvalue weighted by Crippen LogP contribution is 2.43. The number of carbonyl (C=O) groups excluding carboxylic acids is 2. The number of aryl methyl sites for hydroxylation is 1. The molecule has 0 saturated carbocycles. The number of rotatable bonds is 5. The zero-order valence-electron chi connectivity index (χ0n) is 16.3. The van der Waals surface area contributed by atoms with Crippen LogP contribution in [0.25, 0.3) is 11.0 Å². The van der Waals surface area contributed by atoms with Crippen molar-refractivity contribution in [1.29, 1.82) is 0 Å². The quantitative estimate of drug-likeness (QED) is 0.348. The van der Waals surface area contributed by atoms with Crippen LogP contribution in [0.4, 0.5) is 0 Å². The van der Waals surface area contributed by atoms with Crippen molar-refractivity contribution in [3.05, 3.63) is 90.7 Å². The summed E-state index contributed by atoms with van der Waals surface area (Å²) in [6.07, 6.45) is 0. The Kier molecular flexibility index (Phi) is 4.97. The molecule has 1 aliphatic heterocycles. The third kappa shape index (κ3) is 3.39. The van der Waals surface area contributed by atoms with Crippen molar-refractivity contribution in [2.75, 3.05) is 0 Å². The first-order valence-electron chi connectivity index (χ1n) is 9.48. The number of fused-ring (bicyclic) bond motifs is 1. The van der Waals surface area contributed by atoms with Crippen LogP contribution in [0.15, 0.2) is 69.0 Å². The molecule has 5 nitrogen and oxygen atoms in total. The molecule has 5 rings (SSSR count). The summed E-state index contributed by atoms with van der Waals surface area (Å²) in [5.74, 6) is -1.54. The van der Waals surface area contributed by atoms with E-state index in [1.54, 1.807) is 29.2 Å². The molecule has 0 spiro atoms. The maximum atomic E-state index is 13.5. The number of carbonyl (C=O) groups is 2. The molecule has 8 heteroatoms. The summed E-state index contributed by atoms with van der Waals surface area (Å²) in [6, 6.07) is 11.8. The van der Waals surface area contributed by atoms with Crippen molar-refractivity contribution in [2.45, 2.75) is 19.5 Å². The fourth-order valence-corrected chi connectivity index (χ4v) is 5.75. The lowest BCUT2D eigenvalue weighted by Crippen LogP contribution is -2.30. The second-order valence-electron chi connectivity index (χ2n) is 7.27. The van der Waals surface area contributed by atoms with E-state index in [2.05, 4.69) is 0 Å². The number of halogens is 1. The van der Waals surface area contributed by atoms with E-state index >= 15 is 0 Å². The Balaban J connectivity index is 1.61. The van der Waals surface area contributed by atoms with Gasteiger partial charge in [0.05, 0.1) is 12.1 Å². The highest BCUT2D eigenvalue weighted by Gasteiger charge is 2.45. The minimum absolute atomic E-state index is 0.0391. The molecule has 4 heterocycles. The largest absolute Gasteiger partial charge is 0.503 e. The highest BCUT2D eigenvalue weighted by molar-refractivity contribution is 7.10. The molecule has 0 bridgehead atoms. The molecule has 1 amide bonds. The van der Waals surface area contributed by atoms with Gasteiger partial charge in [0.2, 0.25) is 5.78 Å². The van der Waals surface area contributed by atoms with Crippen LogP contribution in [0.3, 0.4) is 0 Å². The van der Waals surface area contributed by atoms with Crippen molar-refractivity contribution in [2.24, 2.45) is 0 Å². The lowest BCUT2D eigenvalue weighted by atomic mass is 9.98. The third-order valence-corrected chi connectivity index (χ3v) is 7.47. The molecule has 1 N–H and O–H groups in total. The van der Waals surface area contributed by atoms with E-state index in [1.165, 1.54) is 22.7 Å². The second-order valence-corrected chi connectivity index (χ2v) is 9.68. The SMILES string of the molecule is Cc1ccsc1C1C(C(=O)c2cc3cc(Cl)ccc3o2)=C(O)C(=O)N1Cc1cccs1. The van der Waals surface area contributed by atoms with Crippen LogP contribution in [0.5, 0.6) is 0 Å². The molecule has 156 valence electrons. The molecule has 4 aromatic rings. The maximum absolute atomic E-state index is 13.5. The van der Waals surface area contributed by atoms with E-state index in [0.717, 1.165) is 15.3 Å². The van der Waals surface area contributed by atoms with Gasteiger partial charge in [0, 0.05) is 20.2 Å². The van der Waals surface area contributed by atoms with Crippen molar-refractivity contribution in [1.82, 2.24) is 4.90 Å². The predicted octanol–water partition coefficient (Wildman–Crippen LogP) is 6.30. The Labute approximate surface area is 190 Å². The van der Waals surface area contributed by atoms with E-state index in [1.807, 2.05) is 35.9 Å². The topological polar surface area (TPSA) is 70.7 Å². The minimum Gasteiger partial charge on any atom is -0.503 e. The van der Waals surface area contributed by atoms with E-state index in [-0.39, 0.29) is 11.3 Å². The van der Waals surface area contributed by atoms with Crippen molar-refractivity contribution in [3.8, 4) is 0 Å². The first kappa shape index (κ1) is 20.1. The number of amides is 1. The van der Waals surface area contributed by atoms with Gasteiger partial charge >= 0.3 is 0 Å². The van der Waals surface area contributed by atoms with Gasteiger partial charge in [-0.1, -0.05) is 17.7 Å². The number of nitrogens with zero attached hydrogens (tertiary/aromatic N) is 1. The normalized spacial score (nSPS) is 16.6. The summed E-state index contributed by atoms with van der Waals surface area (Å²) in [4.78, 5) is 29.9. The molecule has 3 aromatic heterocycles. The molecule has 1 aromatic carbocycles. The Bertz CT molecular complexity index is 1350. The number of thiophene rings is 2. The standard InChI is InChI=1S/C23H16ClNO4S2/c1-12-6-8-31-22(12)19-18(21(27)23(28)25(19)11-15-3-2-7-30-15)20(26)17-10-13-9-14(24)4-5-16(13)29-17/h2-10,19,27H,11H2,1H3. The Morgan fingerprint density at radius 3 is 2.74 bits per heavy atom. The van der Waals surface area contributed by atoms with Crippen molar-refractivity contribution in [3.63, 3.8) is 0 Å². The van der Waals surface area contributed by atoms with Gasteiger partial charge in [0.15, 0.2) is 11.5 Å². The third-order valence-electron chi connectivity index (χ3n) is 5.31. The molecule has 1 aliphatic rings. The number of aliphatic hydroxyl groups is 1. The molecule has 0 radical (unpaired) electrons. The lowest BCUT2D eigenvalue weighted by Gasteiger charge is -2.25. The number of hydrogen-bond acceptors (Lipinski definition) is 6. The van der Waals surface area contributed by atoms with Crippen LogP contribution in [-0.2, 0) is 11.3 Å². The average molecular weight is 470 g/mol. The van der Waals surface area contributed by atoms with Crippen LogP contribution in [-0.4, -0.2) is 21.7 Å². The monoisotopic (exact) mass is 469 g/mol. The molecule has 0 saturated heterocycles. The Morgan fingerprint density at radius 1 is 1.19 bits per heavy atom. The van der Waals surface area contributed by atoms with Crippen LogP contribution in [0, 0.1) is 6.92 Å².